The summed E-state index contributed by atoms with van der Waals surface area (Å²) in [5.41, 5.74) is 0.734. The Morgan fingerprint density at radius 1 is 1.56 bits per heavy atom. The molecule has 6 heteroatoms. The van der Waals surface area contributed by atoms with E-state index in [1.165, 1.54) is 12.1 Å². The van der Waals surface area contributed by atoms with Crippen LogP contribution in [0, 0.1) is 13.7 Å². The number of nitro groups is 1. The summed E-state index contributed by atoms with van der Waals surface area (Å²) in [6.45, 7) is 0.0973. The molecule has 1 aromatic rings. The number of nitro benzene ring substituents is 1. The predicted octanol–water partition coefficient (Wildman–Crippen LogP) is 2.14. The van der Waals surface area contributed by atoms with Gasteiger partial charge in [-0.05, 0) is 41.5 Å². The smallest absolute Gasteiger partial charge is 0.270 e. The Morgan fingerprint density at radius 2 is 2.25 bits per heavy atom. The third-order valence-corrected chi connectivity index (χ3v) is 3.61. The lowest BCUT2D eigenvalue weighted by molar-refractivity contribution is -0.384. The van der Waals surface area contributed by atoms with Crippen LogP contribution in [0.25, 0.3) is 0 Å². The summed E-state index contributed by atoms with van der Waals surface area (Å²) in [6.07, 6.45) is 1.88. The maximum absolute atomic E-state index is 10.6. The maximum atomic E-state index is 10.6. The third kappa shape index (κ3) is 2.27. The first-order valence-electron chi connectivity index (χ1n) is 4.89. The molecular weight excluding hydrogens is 323 g/mol. The van der Waals surface area contributed by atoms with Crippen LogP contribution >= 0.6 is 22.6 Å². The molecule has 5 nitrogen and oxygen atoms in total. The van der Waals surface area contributed by atoms with Crippen molar-refractivity contribution in [2.24, 2.45) is 0 Å². The second-order valence-electron chi connectivity index (χ2n) is 3.98. The molecule has 0 aliphatic heterocycles. The van der Waals surface area contributed by atoms with Crippen molar-refractivity contribution in [2.45, 2.75) is 18.4 Å². The van der Waals surface area contributed by atoms with Gasteiger partial charge in [0.25, 0.3) is 5.69 Å². The molecule has 0 spiro atoms. The zero-order chi connectivity index (χ0) is 11.8. The highest BCUT2D eigenvalue weighted by Crippen LogP contribution is 2.39. The van der Waals surface area contributed by atoms with Crippen LogP contribution in [0.4, 0.5) is 11.4 Å². The molecule has 2 N–H and O–H groups in total. The summed E-state index contributed by atoms with van der Waals surface area (Å²) >= 11 is 2.05. The number of non-ortho nitro benzene ring substituents is 1. The third-order valence-electron chi connectivity index (χ3n) is 2.72. The van der Waals surface area contributed by atoms with E-state index < -0.39 is 4.92 Å². The number of rotatable bonds is 4. The molecule has 1 aliphatic rings. The molecule has 0 amide bonds. The van der Waals surface area contributed by atoms with Crippen LogP contribution in [-0.4, -0.2) is 22.2 Å². The molecule has 0 atom stereocenters. The number of anilines is 1. The molecule has 0 unspecified atom stereocenters. The standard InChI is InChI=1S/C10H11IN2O3/c11-8-5-7(13(15)16)1-2-9(8)12-10(6-14)3-4-10/h1-2,5,12,14H,3-4,6H2. The molecule has 1 aromatic carbocycles. The van der Waals surface area contributed by atoms with E-state index in [0.717, 1.165) is 22.1 Å². The number of nitrogens with one attached hydrogen (secondary N) is 1. The van der Waals surface area contributed by atoms with Gasteiger partial charge in [-0.3, -0.25) is 10.1 Å². The van der Waals surface area contributed by atoms with Crippen molar-refractivity contribution in [2.75, 3.05) is 11.9 Å². The summed E-state index contributed by atoms with van der Waals surface area (Å²) in [6, 6.07) is 4.68. The highest BCUT2D eigenvalue weighted by Gasteiger charge is 2.42. The summed E-state index contributed by atoms with van der Waals surface area (Å²) in [5.74, 6) is 0. The van der Waals surface area contributed by atoms with Crippen LogP contribution in [0.5, 0.6) is 0 Å². The van der Waals surface area contributed by atoms with Gasteiger partial charge in [0, 0.05) is 21.4 Å². The Kier molecular flexibility index (Phi) is 3.02. The lowest BCUT2D eigenvalue weighted by Gasteiger charge is -2.16. The van der Waals surface area contributed by atoms with Gasteiger partial charge < -0.3 is 10.4 Å². The first-order valence-corrected chi connectivity index (χ1v) is 5.97. The molecule has 0 saturated heterocycles. The van der Waals surface area contributed by atoms with Crippen molar-refractivity contribution in [3.63, 3.8) is 0 Å². The Labute approximate surface area is 106 Å². The van der Waals surface area contributed by atoms with Crippen molar-refractivity contribution in [1.29, 1.82) is 0 Å². The zero-order valence-electron chi connectivity index (χ0n) is 8.44. The topological polar surface area (TPSA) is 75.4 Å². The average Bonchev–Trinajstić information content (AvgIpc) is 3.01. The molecule has 2 rings (SSSR count). The summed E-state index contributed by atoms with van der Waals surface area (Å²) in [7, 11) is 0. The first-order chi connectivity index (χ1) is 7.56. The second-order valence-corrected chi connectivity index (χ2v) is 5.15. The normalized spacial score (nSPS) is 16.9. The van der Waals surface area contributed by atoms with Crippen LogP contribution in [0.2, 0.25) is 0 Å². The van der Waals surface area contributed by atoms with E-state index in [-0.39, 0.29) is 17.8 Å². The number of aliphatic hydroxyl groups excluding tert-OH is 1. The van der Waals surface area contributed by atoms with Crippen LogP contribution in [0.3, 0.4) is 0 Å². The van der Waals surface area contributed by atoms with E-state index in [4.69, 9.17) is 0 Å². The van der Waals surface area contributed by atoms with Gasteiger partial charge in [0.05, 0.1) is 17.1 Å². The minimum Gasteiger partial charge on any atom is -0.394 e. The van der Waals surface area contributed by atoms with Gasteiger partial charge in [0.2, 0.25) is 0 Å². The molecule has 16 heavy (non-hydrogen) atoms. The number of halogens is 1. The van der Waals surface area contributed by atoms with Crippen LogP contribution in [0.1, 0.15) is 12.8 Å². The summed E-state index contributed by atoms with van der Waals surface area (Å²) < 4.78 is 0.798. The van der Waals surface area contributed by atoms with Crippen molar-refractivity contribution < 1.29 is 10.0 Å². The van der Waals surface area contributed by atoms with Crippen LogP contribution in [-0.2, 0) is 0 Å². The average molecular weight is 334 g/mol. The van der Waals surface area contributed by atoms with E-state index in [1.54, 1.807) is 6.07 Å². The second kappa shape index (κ2) is 4.17. The van der Waals surface area contributed by atoms with Gasteiger partial charge in [0.15, 0.2) is 0 Å². The van der Waals surface area contributed by atoms with Gasteiger partial charge in [0.1, 0.15) is 0 Å². The van der Waals surface area contributed by atoms with Gasteiger partial charge >= 0.3 is 0 Å². The largest absolute Gasteiger partial charge is 0.394 e. The van der Waals surface area contributed by atoms with E-state index in [9.17, 15) is 15.2 Å². The minimum atomic E-state index is -0.412. The number of nitrogens with zero attached hydrogens (tertiary/aromatic N) is 1. The molecule has 0 radical (unpaired) electrons. The Balaban J connectivity index is 2.20. The lowest BCUT2D eigenvalue weighted by atomic mass is 10.2. The highest BCUT2D eigenvalue weighted by atomic mass is 127. The zero-order valence-corrected chi connectivity index (χ0v) is 10.6. The fraction of sp³-hybridized carbons (Fsp3) is 0.400. The van der Waals surface area contributed by atoms with E-state index in [1.807, 2.05) is 0 Å². The van der Waals surface area contributed by atoms with Gasteiger partial charge in [-0.1, -0.05) is 0 Å². The minimum absolute atomic E-state index is 0.0868. The molecule has 86 valence electrons. The fourth-order valence-electron chi connectivity index (χ4n) is 1.48. The molecule has 0 aromatic heterocycles. The maximum Gasteiger partial charge on any atom is 0.270 e. The number of hydrogen-bond donors (Lipinski definition) is 2. The van der Waals surface area contributed by atoms with Crippen LogP contribution in [0.15, 0.2) is 18.2 Å². The van der Waals surface area contributed by atoms with E-state index >= 15 is 0 Å². The number of hydrogen-bond acceptors (Lipinski definition) is 4. The van der Waals surface area contributed by atoms with Gasteiger partial charge in [-0.25, -0.2) is 0 Å². The van der Waals surface area contributed by atoms with Gasteiger partial charge in [-0.15, -0.1) is 0 Å². The number of aliphatic hydroxyl groups is 1. The van der Waals surface area contributed by atoms with Crippen molar-refractivity contribution >= 4 is 34.0 Å². The lowest BCUT2D eigenvalue weighted by Crippen LogP contribution is -2.25. The summed E-state index contributed by atoms with van der Waals surface area (Å²) in [4.78, 5) is 10.1. The van der Waals surface area contributed by atoms with E-state index in [2.05, 4.69) is 27.9 Å². The van der Waals surface area contributed by atoms with Gasteiger partial charge in [-0.2, -0.15) is 0 Å². The predicted molar refractivity (Wildman–Crippen MR) is 68.5 cm³/mol. The fourth-order valence-corrected chi connectivity index (χ4v) is 2.11. The van der Waals surface area contributed by atoms with Crippen molar-refractivity contribution in [3.05, 3.63) is 31.9 Å². The quantitative estimate of drug-likeness (QED) is 0.503. The number of benzene rings is 1. The molecule has 0 heterocycles. The SMILES string of the molecule is O=[N+]([O-])c1ccc(NC2(CO)CC2)c(I)c1. The van der Waals surface area contributed by atoms with Crippen molar-refractivity contribution in [1.82, 2.24) is 0 Å². The van der Waals surface area contributed by atoms with Crippen molar-refractivity contribution in [3.8, 4) is 0 Å². The Morgan fingerprint density at radius 3 is 2.69 bits per heavy atom. The van der Waals surface area contributed by atoms with Crippen LogP contribution < -0.4 is 5.32 Å². The molecule has 1 fully saturated rings. The Bertz CT molecular complexity index is 432. The first kappa shape index (κ1) is 11.6. The summed E-state index contributed by atoms with van der Waals surface area (Å²) in [5, 5.41) is 23.0. The molecular formula is C10H11IN2O3. The molecule has 1 aliphatic carbocycles. The highest BCUT2D eigenvalue weighted by molar-refractivity contribution is 14.1. The monoisotopic (exact) mass is 334 g/mol. The molecule has 1 saturated carbocycles. The Hall–Kier alpha value is -0.890. The molecule has 0 bridgehead atoms. The van der Waals surface area contributed by atoms with E-state index in [0.29, 0.717) is 0 Å².